The quantitative estimate of drug-likeness (QED) is 0.264. The van der Waals surface area contributed by atoms with E-state index < -0.39 is 11.2 Å². The summed E-state index contributed by atoms with van der Waals surface area (Å²) in [5.74, 6) is 0.469. The first kappa shape index (κ1) is 24.2. The Labute approximate surface area is 214 Å². The van der Waals surface area contributed by atoms with E-state index in [1.165, 1.54) is 0 Å². The van der Waals surface area contributed by atoms with Crippen molar-refractivity contribution in [1.82, 2.24) is 14.5 Å². The van der Waals surface area contributed by atoms with E-state index in [-0.39, 0.29) is 17.4 Å². The lowest BCUT2D eigenvalue weighted by molar-refractivity contribution is 0.345. The van der Waals surface area contributed by atoms with Gasteiger partial charge < -0.3 is 11.1 Å². The van der Waals surface area contributed by atoms with Crippen LogP contribution >= 0.6 is 0 Å². The third kappa shape index (κ3) is 5.53. The van der Waals surface area contributed by atoms with Gasteiger partial charge in [-0.3, -0.25) is 24.3 Å². The number of rotatable bonds is 6. The highest BCUT2D eigenvalue weighted by atomic mass is 16.2. The first-order valence-corrected chi connectivity index (χ1v) is 12.6. The van der Waals surface area contributed by atoms with Crippen LogP contribution in [-0.4, -0.2) is 20.4 Å². The third-order valence-electron chi connectivity index (χ3n) is 6.73. The van der Waals surface area contributed by atoms with Crippen molar-refractivity contribution in [2.45, 2.75) is 44.7 Å². The summed E-state index contributed by atoms with van der Waals surface area (Å²) >= 11 is 0. The van der Waals surface area contributed by atoms with E-state index >= 15 is 0 Å². The van der Waals surface area contributed by atoms with E-state index in [1.54, 1.807) is 10.8 Å². The van der Waals surface area contributed by atoms with Crippen molar-refractivity contribution in [3.8, 4) is 11.3 Å². The second kappa shape index (κ2) is 11.1. The average molecular weight is 495 g/mol. The number of aromatic nitrogens is 3. The normalized spacial score (nSPS) is 14.4. The number of nitrogens with zero attached hydrogens (tertiary/aromatic N) is 3. The van der Waals surface area contributed by atoms with Crippen molar-refractivity contribution < 1.29 is 0 Å². The maximum Gasteiger partial charge on any atom is 0.330 e. The molecule has 2 aromatic carbocycles. The van der Waals surface area contributed by atoms with Crippen molar-refractivity contribution in [2.75, 3.05) is 11.1 Å². The van der Waals surface area contributed by atoms with Gasteiger partial charge in [-0.2, -0.15) is 0 Å². The fraction of sp³-hybridized carbons (Fsp3) is 0.241. The molecule has 1 aliphatic carbocycles. The van der Waals surface area contributed by atoms with E-state index in [0.29, 0.717) is 12.4 Å². The Morgan fingerprint density at radius 2 is 1.70 bits per heavy atom. The lowest BCUT2D eigenvalue weighted by atomic mass is 9.95. The van der Waals surface area contributed by atoms with Gasteiger partial charge >= 0.3 is 5.69 Å². The van der Waals surface area contributed by atoms with E-state index in [4.69, 9.17) is 10.7 Å². The Hall–Kier alpha value is -4.46. The largest absolute Gasteiger partial charge is 0.384 e. The van der Waals surface area contributed by atoms with E-state index in [2.05, 4.69) is 15.3 Å². The van der Waals surface area contributed by atoms with Crippen molar-refractivity contribution in [3.63, 3.8) is 0 Å². The number of anilines is 2. The maximum atomic E-state index is 13.1. The summed E-state index contributed by atoms with van der Waals surface area (Å²) in [6, 6.07) is 23.2. The predicted molar refractivity (Wildman–Crippen MR) is 148 cm³/mol. The molecule has 2 heterocycles. The SMILES string of the molecule is Nc1c(C(=NCc2ccc(-c3ccccn3)cc2)Nc2ccccc2)c(=O)[nH]c(=O)n1C1CCCCC1. The molecule has 0 unspecified atom stereocenters. The highest BCUT2D eigenvalue weighted by Crippen LogP contribution is 2.29. The van der Waals surface area contributed by atoms with E-state index in [0.717, 1.165) is 54.6 Å². The second-order valence-electron chi connectivity index (χ2n) is 9.25. The molecule has 0 saturated heterocycles. The van der Waals surface area contributed by atoms with Crippen LogP contribution in [0.5, 0.6) is 0 Å². The molecule has 1 saturated carbocycles. The van der Waals surface area contributed by atoms with Crippen LogP contribution in [0.4, 0.5) is 11.5 Å². The smallest absolute Gasteiger partial charge is 0.330 e. The number of H-pyrrole nitrogens is 1. The molecule has 0 amide bonds. The van der Waals surface area contributed by atoms with Crippen LogP contribution < -0.4 is 22.3 Å². The molecule has 1 fully saturated rings. The lowest BCUT2D eigenvalue weighted by Gasteiger charge is -2.26. The summed E-state index contributed by atoms with van der Waals surface area (Å²) in [5, 5.41) is 3.26. The van der Waals surface area contributed by atoms with E-state index in [1.807, 2.05) is 72.8 Å². The van der Waals surface area contributed by atoms with Gasteiger partial charge in [0, 0.05) is 23.5 Å². The van der Waals surface area contributed by atoms with Crippen molar-refractivity contribution >= 4 is 17.3 Å². The molecule has 4 N–H and O–H groups in total. The molecule has 8 heteroatoms. The number of hydrogen-bond donors (Lipinski definition) is 3. The molecule has 8 nitrogen and oxygen atoms in total. The van der Waals surface area contributed by atoms with Gasteiger partial charge in [0.25, 0.3) is 5.56 Å². The zero-order valence-electron chi connectivity index (χ0n) is 20.6. The van der Waals surface area contributed by atoms with Crippen LogP contribution in [0, 0.1) is 0 Å². The monoisotopic (exact) mass is 494 g/mol. The Kier molecular flexibility index (Phi) is 7.26. The Bertz CT molecular complexity index is 1490. The van der Waals surface area contributed by atoms with Crippen LogP contribution in [0.3, 0.4) is 0 Å². The minimum absolute atomic E-state index is 0.0334. The first-order valence-electron chi connectivity index (χ1n) is 12.6. The van der Waals surface area contributed by atoms with Crippen molar-refractivity contribution in [3.05, 3.63) is 111 Å². The van der Waals surface area contributed by atoms with Crippen LogP contribution in [0.15, 0.2) is 93.6 Å². The zero-order chi connectivity index (χ0) is 25.6. The average Bonchev–Trinajstić information content (AvgIpc) is 2.93. The standard InChI is InChI=1S/C29H30N6O2/c30-26-25(28(36)34-29(37)35(26)23-11-5-2-6-12-23)27(33-22-9-3-1-4-10-22)32-19-20-14-16-21(17-15-20)24-13-7-8-18-31-24/h1,3-4,7-10,13-18,23H,2,5-6,11-12,19,30H2,(H,32,33)(H,34,36,37). The summed E-state index contributed by atoms with van der Waals surface area (Å²) < 4.78 is 1.54. The molecule has 0 atom stereocenters. The van der Waals surface area contributed by atoms with Crippen LogP contribution in [0.1, 0.15) is 49.3 Å². The van der Waals surface area contributed by atoms with Crippen LogP contribution in [0.25, 0.3) is 11.3 Å². The molecular weight excluding hydrogens is 464 g/mol. The molecule has 2 aromatic heterocycles. The summed E-state index contributed by atoms with van der Waals surface area (Å²) in [6.45, 7) is 0.319. The number of benzene rings is 2. The van der Waals surface area contributed by atoms with Gasteiger partial charge in [-0.05, 0) is 42.7 Å². The number of hydrogen-bond acceptors (Lipinski definition) is 5. The summed E-state index contributed by atoms with van der Waals surface area (Å²) in [5.41, 5.74) is 9.33. The lowest BCUT2D eigenvalue weighted by Crippen LogP contribution is -2.40. The second-order valence-corrected chi connectivity index (χ2v) is 9.25. The highest BCUT2D eigenvalue weighted by Gasteiger charge is 2.24. The van der Waals surface area contributed by atoms with Gasteiger partial charge in [-0.15, -0.1) is 0 Å². The van der Waals surface area contributed by atoms with Gasteiger partial charge in [0.05, 0.1) is 12.2 Å². The molecule has 37 heavy (non-hydrogen) atoms. The Morgan fingerprint density at radius 3 is 2.41 bits per heavy atom. The van der Waals surface area contributed by atoms with Crippen molar-refractivity contribution in [1.29, 1.82) is 0 Å². The van der Waals surface area contributed by atoms with Crippen molar-refractivity contribution in [2.24, 2.45) is 4.99 Å². The third-order valence-corrected chi connectivity index (χ3v) is 6.73. The number of nitrogens with two attached hydrogens (primary N) is 1. The number of aromatic amines is 1. The maximum absolute atomic E-state index is 13.1. The minimum atomic E-state index is -0.553. The van der Waals surface area contributed by atoms with Gasteiger partial charge in [0.15, 0.2) is 0 Å². The van der Waals surface area contributed by atoms with Gasteiger partial charge in [-0.1, -0.05) is 67.8 Å². The minimum Gasteiger partial charge on any atom is -0.384 e. The van der Waals surface area contributed by atoms with Gasteiger partial charge in [0.1, 0.15) is 17.2 Å². The predicted octanol–water partition coefficient (Wildman–Crippen LogP) is 4.74. The van der Waals surface area contributed by atoms with Gasteiger partial charge in [0.2, 0.25) is 0 Å². The molecule has 5 rings (SSSR count). The number of pyridine rings is 1. The molecule has 0 bridgehead atoms. The molecule has 0 radical (unpaired) electrons. The molecule has 4 aromatic rings. The molecule has 188 valence electrons. The number of nitrogen functional groups attached to an aromatic ring is 1. The topological polar surface area (TPSA) is 118 Å². The zero-order valence-corrected chi connectivity index (χ0v) is 20.6. The van der Waals surface area contributed by atoms with Crippen LogP contribution in [0.2, 0.25) is 0 Å². The fourth-order valence-electron chi connectivity index (χ4n) is 4.82. The Balaban J connectivity index is 1.51. The number of aliphatic imine (C=N–C) groups is 1. The number of amidine groups is 1. The van der Waals surface area contributed by atoms with E-state index in [9.17, 15) is 9.59 Å². The summed E-state index contributed by atoms with van der Waals surface area (Å²) in [6.07, 6.45) is 6.69. The number of nitrogens with one attached hydrogen (secondary N) is 2. The van der Waals surface area contributed by atoms with Gasteiger partial charge in [-0.25, -0.2) is 4.79 Å². The van der Waals surface area contributed by atoms with Crippen LogP contribution in [-0.2, 0) is 6.54 Å². The number of para-hydroxylation sites is 1. The molecular formula is C29H30N6O2. The first-order chi connectivity index (χ1) is 18.1. The Morgan fingerprint density at radius 1 is 0.973 bits per heavy atom. The molecule has 1 aliphatic rings. The highest BCUT2D eigenvalue weighted by molar-refractivity contribution is 6.10. The fourth-order valence-corrected chi connectivity index (χ4v) is 4.82. The summed E-state index contributed by atoms with van der Waals surface area (Å²) in [7, 11) is 0. The molecule has 0 aliphatic heterocycles. The summed E-state index contributed by atoms with van der Waals surface area (Å²) in [4.78, 5) is 37.5. The molecule has 0 spiro atoms.